The average Bonchev–Trinajstić information content (AvgIpc) is 2.75. The van der Waals surface area contributed by atoms with Gasteiger partial charge in [0.1, 0.15) is 11.6 Å². The number of nitrogens with one attached hydrogen (secondary N) is 1. The summed E-state index contributed by atoms with van der Waals surface area (Å²) in [5.41, 5.74) is 2.60. The molecule has 0 aliphatic heterocycles. The molecule has 0 aliphatic rings. The fourth-order valence-corrected chi connectivity index (χ4v) is 4.28. The highest BCUT2D eigenvalue weighted by atomic mass is 32.2. The van der Waals surface area contributed by atoms with Gasteiger partial charge in [-0.3, -0.25) is 5.43 Å². The molecule has 9 heteroatoms. The Bertz CT molecular complexity index is 1250. The summed E-state index contributed by atoms with van der Waals surface area (Å²) >= 11 is 0.678. The maximum Gasteiger partial charge on any atom is 0.252 e. The smallest absolute Gasteiger partial charge is 0.252 e. The summed E-state index contributed by atoms with van der Waals surface area (Å²) in [5.74, 6) is -5.19. The first kappa shape index (κ1) is 26.5. The molecule has 35 heavy (non-hydrogen) atoms. The predicted molar refractivity (Wildman–Crippen MR) is 131 cm³/mol. The molecule has 0 radical (unpaired) electrons. The minimum Gasteiger partial charge on any atom is -0.507 e. The van der Waals surface area contributed by atoms with E-state index in [1.807, 2.05) is 41.5 Å². The maximum absolute atomic E-state index is 15.2. The zero-order chi connectivity index (χ0) is 26.1. The van der Waals surface area contributed by atoms with Gasteiger partial charge < -0.3 is 5.11 Å². The fraction of sp³-hybridized carbons (Fsp3) is 0.308. The van der Waals surface area contributed by atoms with Crippen molar-refractivity contribution in [3.63, 3.8) is 0 Å². The van der Waals surface area contributed by atoms with Crippen molar-refractivity contribution in [2.45, 2.75) is 62.2 Å². The van der Waals surface area contributed by atoms with E-state index in [-0.39, 0.29) is 11.3 Å². The van der Waals surface area contributed by atoms with Crippen molar-refractivity contribution < 1.29 is 22.7 Å². The highest BCUT2D eigenvalue weighted by Gasteiger charge is 2.28. The van der Waals surface area contributed by atoms with Gasteiger partial charge in [-0.05, 0) is 29.0 Å². The topological polar surface area (TPSA) is 57.5 Å². The summed E-state index contributed by atoms with van der Waals surface area (Å²) in [6.07, 6.45) is 1.08. The molecular formula is C26H27F4N3OS. The van der Waals surface area contributed by atoms with Gasteiger partial charge in [0.2, 0.25) is 0 Å². The normalized spacial score (nSPS) is 12.4. The molecule has 0 aliphatic carbocycles. The van der Waals surface area contributed by atoms with Crippen molar-refractivity contribution >= 4 is 23.8 Å². The number of rotatable bonds is 5. The van der Waals surface area contributed by atoms with Crippen LogP contribution in [-0.2, 0) is 10.8 Å². The largest absolute Gasteiger partial charge is 0.507 e. The second-order valence-corrected chi connectivity index (χ2v) is 11.2. The molecule has 0 saturated carbocycles. The Hall–Kier alpha value is -3.07. The zero-order valence-corrected chi connectivity index (χ0v) is 21.1. The summed E-state index contributed by atoms with van der Waals surface area (Å²) in [7, 11) is 0. The third-order valence-electron chi connectivity index (χ3n) is 5.20. The fourth-order valence-electron chi connectivity index (χ4n) is 3.33. The van der Waals surface area contributed by atoms with Gasteiger partial charge >= 0.3 is 0 Å². The van der Waals surface area contributed by atoms with Crippen LogP contribution in [0.15, 0.2) is 51.3 Å². The van der Waals surface area contributed by atoms with E-state index >= 15 is 4.39 Å². The molecule has 3 rings (SSSR count). The molecule has 0 saturated heterocycles. The number of pyridine rings is 1. The number of hydrogen-bond acceptors (Lipinski definition) is 5. The molecule has 2 N–H and O–H groups in total. The lowest BCUT2D eigenvalue weighted by Gasteiger charge is -2.28. The molecular weight excluding hydrogens is 478 g/mol. The first-order valence-electron chi connectivity index (χ1n) is 10.8. The Labute approximate surface area is 206 Å². The summed E-state index contributed by atoms with van der Waals surface area (Å²) in [5, 5.41) is 14.6. The van der Waals surface area contributed by atoms with Crippen LogP contribution in [0.2, 0.25) is 0 Å². The molecule has 3 aromatic rings. The van der Waals surface area contributed by atoms with Crippen LogP contribution < -0.4 is 5.43 Å². The van der Waals surface area contributed by atoms with Crippen molar-refractivity contribution in [3.8, 4) is 5.75 Å². The number of hydrazone groups is 1. The van der Waals surface area contributed by atoms with Crippen LogP contribution in [0.25, 0.3) is 0 Å². The van der Waals surface area contributed by atoms with Crippen molar-refractivity contribution in [1.29, 1.82) is 0 Å². The van der Waals surface area contributed by atoms with E-state index < -0.39 is 44.9 Å². The Morgan fingerprint density at radius 1 is 0.914 bits per heavy atom. The van der Waals surface area contributed by atoms with E-state index in [2.05, 4.69) is 15.5 Å². The average molecular weight is 506 g/mol. The Balaban J connectivity index is 2.03. The maximum atomic E-state index is 15.2. The highest BCUT2D eigenvalue weighted by molar-refractivity contribution is 7.99. The van der Waals surface area contributed by atoms with Crippen molar-refractivity contribution in [2.75, 3.05) is 5.43 Å². The second-order valence-electron chi connectivity index (χ2n) is 10.1. The minimum atomic E-state index is -1.51. The van der Waals surface area contributed by atoms with Crippen LogP contribution >= 0.6 is 11.8 Å². The van der Waals surface area contributed by atoms with Crippen LogP contribution in [-0.4, -0.2) is 16.3 Å². The van der Waals surface area contributed by atoms with Gasteiger partial charge in [-0.1, -0.05) is 71.5 Å². The number of halogens is 4. The number of aromatic hydroxyl groups is 1. The quantitative estimate of drug-likeness (QED) is 0.163. The van der Waals surface area contributed by atoms with Gasteiger partial charge in [0.05, 0.1) is 11.1 Å². The first-order valence-corrected chi connectivity index (χ1v) is 11.7. The monoisotopic (exact) mass is 505 g/mol. The summed E-state index contributed by atoms with van der Waals surface area (Å²) in [6.45, 7) is 11.5. The van der Waals surface area contributed by atoms with Crippen LogP contribution in [0, 0.1) is 23.4 Å². The van der Waals surface area contributed by atoms with Gasteiger partial charge in [-0.2, -0.15) is 14.5 Å². The Kier molecular flexibility index (Phi) is 7.50. The van der Waals surface area contributed by atoms with Crippen LogP contribution in [0.1, 0.15) is 58.2 Å². The number of phenolic OH excluding ortho intramolecular Hbond substituents is 1. The molecule has 1 heterocycles. The molecule has 0 amide bonds. The number of aromatic nitrogens is 1. The lowest BCUT2D eigenvalue weighted by Crippen LogP contribution is -2.17. The van der Waals surface area contributed by atoms with E-state index in [0.717, 1.165) is 6.21 Å². The van der Waals surface area contributed by atoms with E-state index in [9.17, 15) is 18.3 Å². The summed E-state index contributed by atoms with van der Waals surface area (Å²) < 4.78 is 57.9. The van der Waals surface area contributed by atoms with Gasteiger partial charge in [-0.25, -0.2) is 13.2 Å². The van der Waals surface area contributed by atoms with Crippen molar-refractivity contribution in [3.05, 3.63) is 76.5 Å². The molecule has 0 unspecified atom stereocenters. The van der Waals surface area contributed by atoms with Gasteiger partial charge in [-0.15, -0.1) is 0 Å². The molecule has 0 spiro atoms. The number of phenols is 1. The molecule has 2 aromatic carbocycles. The predicted octanol–water partition coefficient (Wildman–Crippen LogP) is 7.54. The van der Waals surface area contributed by atoms with Crippen LogP contribution in [0.5, 0.6) is 5.75 Å². The molecule has 4 nitrogen and oxygen atoms in total. The van der Waals surface area contributed by atoms with E-state index in [1.165, 1.54) is 18.2 Å². The SMILES string of the molecule is CC(C)(C)c1cc(Sc2c(F)c(F)nc(N/N=C/c3ccccc3F)c2F)cc(C(C)(C)C)c1O. The Morgan fingerprint density at radius 2 is 1.49 bits per heavy atom. The minimum absolute atomic E-state index is 0.112. The number of hydrogen-bond donors (Lipinski definition) is 2. The number of benzene rings is 2. The standard InChI is InChI=1S/C26H27F4N3OS/c1-25(2,3)16-11-15(12-17(21(16)34)26(4,5)6)35-22-19(28)23(30)32-24(20(22)29)33-31-13-14-9-7-8-10-18(14)27/h7-13,34H,1-6H3,(H,32,33)/b31-13+. The van der Waals surface area contributed by atoms with Crippen molar-refractivity contribution in [2.24, 2.45) is 5.10 Å². The molecule has 0 bridgehead atoms. The van der Waals surface area contributed by atoms with Crippen LogP contribution in [0.4, 0.5) is 23.4 Å². The van der Waals surface area contributed by atoms with Gasteiger partial charge in [0, 0.05) is 21.6 Å². The number of nitrogens with zero attached hydrogens (tertiary/aromatic N) is 2. The summed E-state index contributed by atoms with van der Waals surface area (Å²) in [6, 6.07) is 9.03. The molecule has 0 fully saturated rings. The zero-order valence-electron chi connectivity index (χ0n) is 20.3. The molecule has 1 aromatic heterocycles. The third kappa shape index (κ3) is 5.96. The lowest BCUT2D eigenvalue weighted by molar-refractivity contribution is 0.422. The lowest BCUT2D eigenvalue weighted by atomic mass is 9.79. The molecule has 186 valence electrons. The first-order chi connectivity index (χ1) is 16.2. The van der Waals surface area contributed by atoms with Gasteiger partial charge in [0.15, 0.2) is 17.5 Å². The van der Waals surface area contributed by atoms with E-state index in [0.29, 0.717) is 27.8 Å². The van der Waals surface area contributed by atoms with Crippen LogP contribution in [0.3, 0.4) is 0 Å². The Morgan fingerprint density at radius 3 is 2.03 bits per heavy atom. The van der Waals surface area contributed by atoms with Crippen molar-refractivity contribution in [1.82, 2.24) is 4.98 Å². The summed E-state index contributed by atoms with van der Waals surface area (Å²) in [4.78, 5) is 3.07. The number of anilines is 1. The van der Waals surface area contributed by atoms with Gasteiger partial charge in [0.25, 0.3) is 5.95 Å². The van der Waals surface area contributed by atoms with E-state index in [4.69, 9.17) is 0 Å². The molecule has 0 atom stereocenters. The third-order valence-corrected chi connectivity index (χ3v) is 6.23. The highest BCUT2D eigenvalue weighted by Crippen LogP contribution is 2.44. The van der Waals surface area contributed by atoms with E-state index in [1.54, 1.807) is 18.2 Å². The second kappa shape index (κ2) is 9.89.